The zero-order chi connectivity index (χ0) is 29.5. The van der Waals surface area contributed by atoms with E-state index in [2.05, 4.69) is 60.8 Å². The molecule has 1 aromatic heterocycles. The van der Waals surface area contributed by atoms with Gasteiger partial charge in [0.1, 0.15) is 34.6 Å². The van der Waals surface area contributed by atoms with E-state index in [0.717, 1.165) is 35.3 Å². The smallest absolute Gasteiger partial charge is 0.244 e. The van der Waals surface area contributed by atoms with E-state index in [4.69, 9.17) is 15.0 Å². The van der Waals surface area contributed by atoms with Crippen LogP contribution in [0.25, 0.3) is 0 Å². The first-order valence-electron chi connectivity index (χ1n) is 14.7. The molecular formula is C28H41N9O3S. The highest BCUT2D eigenvalue weighted by Gasteiger charge is 2.57. The molecule has 0 aliphatic carbocycles. The zero-order valence-electron chi connectivity index (χ0n) is 25.1. The highest BCUT2D eigenvalue weighted by Crippen LogP contribution is 2.46. The lowest BCUT2D eigenvalue weighted by molar-refractivity contribution is -0.137. The van der Waals surface area contributed by atoms with E-state index in [1.807, 2.05) is 11.9 Å². The summed E-state index contributed by atoms with van der Waals surface area (Å²) in [5.41, 5.74) is 1.88. The van der Waals surface area contributed by atoms with Crippen molar-refractivity contribution < 1.29 is 13.2 Å². The largest absolute Gasteiger partial charge is 0.350 e. The molecule has 5 aliphatic rings. The molecular weight excluding hydrogens is 542 g/mol. The van der Waals surface area contributed by atoms with Crippen LogP contribution in [0.3, 0.4) is 0 Å². The maximum absolute atomic E-state index is 13.5. The number of rotatable bonds is 3. The number of sulfone groups is 1. The number of carbonyl (C=O) groups excluding carboxylic acids is 1. The van der Waals surface area contributed by atoms with E-state index >= 15 is 0 Å². The van der Waals surface area contributed by atoms with Gasteiger partial charge in [-0.05, 0) is 34.1 Å². The van der Waals surface area contributed by atoms with Gasteiger partial charge in [0.25, 0.3) is 0 Å². The van der Waals surface area contributed by atoms with E-state index < -0.39 is 14.6 Å². The van der Waals surface area contributed by atoms with Crippen molar-refractivity contribution in [2.24, 2.45) is 21.2 Å². The summed E-state index contributed by atoms with van der Waals surface area (Å²) in [5, 5.41) is 10.9. The Morgan fingerprint density at radius 1 is 1.07 bits per heavy atom. The first-order valence-corrected chi connectivity index (χ1v) is 16.3. The first kappa shape index (κ1) is 28.0. The lowest BCUT2D eigenvalue weighted by Crippen LogP contribution is -2.66. The third-order valence-electron chi connectivity index (χ3n) is 9.62. The molecule has 222 valence electrons. The predicted octanol–water partition coefficient (Wildman–Crippen LogP) is 2.58. The molecule has 2 saturated heterocycles. The minimum absolute atomic E-state index is 0.00534. The molecule has 2 fully saturated rings. The summed E-state index contributed by atoms with van der Waals surface area (Å²) in [6, 6.07) is -0.211. The summed E-state index contributed by atoms with van der Waals surface area (Å²) in [7, 11) is -3.40. The molecule has 5 aliphatic heterocycles. The number of nitrogens with zero attached hydrogens (tertiary/aromatic N) is 9. The van der Waals surface area contributed by atoms with E-state index in [-0.39, 0.29) is 41.1 Å². The van der Waals surface area contributed by atoms with E-state index in [1.165, 1.54) is 0 Å². The monoisotopic (exact) mass is 583 g/mol. The van der Waals surface area contributed by atoms with Crippen molar-refractivity contribution in [1.82, 2.24) is 19.9 Å². The first-order chi connectivity index (χ1) is 19.3. The SMILES string of the molecule is CCN1N=NC2C1=CC(N1CC(C)(C)c3c1ncnc3N1C[C@@H](C)N(C(=O)[C@@]3(C)CCS3(=O)=O)C[C@@H]1C)=NCC2C. The standard InChI is InChI=1S/C28H41N9O3S/c1-8-37-20-11-21(29-12-17(2)23(20)32-33-37)36-15-27(5,6)22-24(30-16-31-25(22)36)34-13-19(4)35(14-18(34)3)26(38)28(7)9-10-41(28,39)40/h11,16-19,23H,8-10,12-15H2,1-7H3/t17?,18-,19+,23?,28+/m0/s1. The van der Waals surface area contributed by atoms with Crippen molar-refractivity contribution in [2.75, 3.05) is 48.3 Å². The number of amidine groups is 1. The Morgan fingerprint density at radius 3 is 2.46 bits per heavy atom. The fourth-order valence-electron chi connectivity index (χ4n) is 6.83. The van der Waals surface area contributed by atoms with E-state index in [9.17, 15) is 13.2 Å². The van der Waals surface area contributed by atoms with Gasteiger partial charge in [-0.15, -0.1) is 0 Å². The summed E-state index contributed by atoms with van der Waals surface area (Å²) in [6.45, 7) is 17.4. The zero-order valence-corrected chi connectivity index (χ0v) is 25.9. The number of aliphatic imine (C=N–C) groups is 1. The van der Waals surface area contributed by atoms with Gasteiger partial charge in [0.05, 0.1) is 11.4 Å². The van der Waals surface area contributed by atoms with Crippen molar-refractivity contribution in [2.45, 2.75) is 83.2 Å². The molecule has 0 spiro atoms. The van der Waals surface area contributed by atoms with Crippen LogP contribution in [-0.2, 0) is 20.0 Å². The maximum atomic E-state index is 13.5. The number of fused-ring (bicyclic) bond motifs is 2. The van der Waals surface area contributed by atoms with Crippen molar-refractivity contribution in [3.05, 3.63) is 23.7 Å². The van der Waals surface area contributed by atoms with Gasteiger partial charge >= 0.3 is 0 Å². The van der Waals surface area contributed by atoms with Gasteiger partial charge in [-0.3, -0.25) is 9.79 Å². The number of hydrogen-bond donors (Lipinski definition) is 0. The molecule has 2 unspecified atom stereocenters. The summed E-state index contributed by atoms with van der Waals surface area (Å²) in [6.07, 6.45) is 4.12. The van der Waals surface area contributed by atoms with Crippen molar-refractivity contribution in [3.8, 4) is 0 Å². The molecule has 6 heterocycles. The van der Waals surface area contributed by atoms with Gasteiger partial charge in [-0.1, -0.05) is 26.0 Å². The van der Waals surface area contributed by atoms with Crippen molar-refractivity contribution in [3.63, 3.8) is 0 Å². The normalized spacial score (nSPS) is 33.5. The van der Waals surface area contributed by atoms with Crippen LogP contribution in [0.5, 0.6) is 0 Å². The lowest BCUT2D eigenvalue weighted by atomic mass is 9.87. The minimum Gasteiger partial charge on any atom is -0.350 e. The molecule has 0 N–H and O–H groups in total. The second-order valence-electron chi connectivity index (χ2n) is 13.1. The number of piperazine rings is 1. The number of likely N-dealkylation sites (N-methyl/N-ethyl adjacent to an activating group) is 1. The second-order valence-corrected chi connectivity index (χ2v) is 15.6. The van der Waals surface area contributed by atoms with Crippen LogP contribution in [0.15, 0.2) is 33.4 Å². The average Bonchev–Trinajstić information content (AvgIpc) is 3.42. The van der Waals surface area contributed by atoms with Gasteiger partial charge in [0.2, 0.25) is 5.91 Å². The quantitative estimate of drug-likeness (QED) is 0.531. The van der Waals surface area contributed by atoms with E-state index in [0.29, 0.717) is 32.6 Å². The summed E-state index contributed by atoms with van der Waals surface area (Å²) >= 11 is 0. The third-order valence-corrected chi connectivity index (χ3v) is 12.1. The fourth-order valence-corrected chi connectivity index (χ4v) is 8.36. The summed E-state index contributed by atoms with van der Waals surface area (Å²) in [4.78, 5) is 34.3. The van der Waals surface area contributed by atoms with E-state index in [1.54, 1.807) is 18.2 Å². The van der Waals surface area contributed by atoms with Gasteiger partial charge in [0.15, 0.2) is 9.84 Å². The third kappa shape index (κ3) is 4.17. The van der Waals surface area contributed by atoms with Gasteiger partial charge < -0.3 is 14.7 Å². The Balaban J connectivity index is 1.32. The number of aromatic nitrogens is 2. The Morgan fingerprint density at radius 2 is 1.80 bits per heavy atom. The van der Waals surface area contributed by atoms with Crippen molar-refractivity contribution >= 4 is 33.2 Å². The number of amides is 1. The minimum atomic E-state index is -3.40. The number of carbonyl (C=O) groups is 1. The number of anilines is 2. The number of hydrogen-bond acceptors (Lipinski definition) is 11. The molecule has 1 aromatic rings. The predicted molar refractivity (Wildman–Crippen MR) is 158 cm³/mol. The van der Waals surface area contributed by atoms with Crippen LogP contribution in [0.1, 0.15) is 60.5 Å². The van der Waals surface area contributed by atoms with Crippen LogP contribution in [-0.4, -0.2) is 101 Å². The van der Waals surface area contributed by atoms with Crippen LogP contribution < -0.4 is 9.80 Å². The van der Waals surface area contributed by atoms with Gasteiger partial charge in [-0.25, -0.2) is 23.4 Å². The fraction of sp³-hybridized carbons (Fsp3) is 0.714. The highest BCUT2D eigenvalue weighted by atomic mass is 32.2. The molecule has 0 aromatic carbocycles. The van der Waals surface area contributed by atoms with Crippen LogP contribution >= 0.6 is 0 Å². The molecule has 6 rings (SSSR count). The summed E-state index contributed by atoms with van der Waals surface area (Å²) < 4.78 is 23.7. The molecule has 5 atom stereocenters. The van der Waals surface area contributed by atoms with Crippen LogP contribution in [0.2, 0.25) is 0 Å². The Kier molecular flexibility index (Phi) is 6.48. The topological polar surface area (TPSA) is 127 Å². The summed E-state index contributed by atoms with van der Waals surface area (Å²) in [5.74, 6) is 2.63. The average molecular weight is 584 g/mol. The Hall–Kier alpha value is -3.09. The molecule has 12 nitrogen and oxygen atoms in total. The van der Waals surface area contributed by atoms with Crippen LogP contribution in [0.4, 0.5) is 11.6 Å². The maximum Gasteiger partial charge on any atom is 0.244 e. The second kappa shape index (κ2) is 9.47. The van der Waals surface area contributed by atoms with Gasteiger partial charge in [-0.2, -0.15) is 5.11 Å². The molecule has 41 heavy (non-hydrogen) atoms. The van der Waals surface area contributed by atoms with Gasteiger partial charge in [0, 0.05) is 67.8 Å². The van der Waals surface area contributed by atoms with Crippen LogP contribution in [0, 0.1) is 5.92 Å². The molecule has 0 saturated carbocycles. The molecule has 1 amide bonds. The Labute approximate surface area is 242 Å². The molecule has 0 bridgehead atoms. The Bertz CT molecular complexity index is 1470. The highest BCUT2D eigenvalue weighted by molar-refractivity contribution is 7.95. The van der Waals surface area contributed by atoms with Crippen molar-refractivity contribution in [1.29, 1.82) is 0 Å². The molecule has 0 radical (unpaired) electrons. The molecule has 13 heteroatoms. The lowest BCUT2D eigenvalue weighted by Gasteiger charge is -2.49.